The lowest BCUT2D eigenvalue weighted by molar-refractivity contribution is 0.0948. The normalized spacial score (nSPS) is 12.7. The van der Waals surface area contributed by atoms with E-state index >= 15 is 0 Å². The van der Waals surface area contributed by atoms with E-state index in [1.54, 1.807) is 4.57 Å². The summed E-state index contributed by atoms with van der Waals surface area (Å²) in [6, 6.07) is 7.50. The van der Waals surface area contributed by atoms with E-state index in [0.29, 0.717) is 24.9 Å². The van der Waals surface area contributed by atoms with Crippen LogP contribution in [-0.2, 0) is 13.1 Å². The Bertz CT molecular complexity index is 788. The molecular weight excluding hydrogens is 314 g/mol. The van der Waals surface area contributed by atoms with Crippen LogP contribution in [0.15, 0.2) is 40.4 Å². The predicted molar refractivity (Wildman–Crippen MR) is 88.0 cm³/mol. The number of carbonyl (C=O) groups is 1. The van der Waals surface area contributed by atoms with Gasteiger partial charge in [0.1, 0.15) is 11.3 Å². The highest BCUT2D eigenvalue weighted by molar-refractivity contribution is 7.99. The van der Waals surface area contributed by atoms with Gasteiger partial charge in [-0.25, -0.2) is 4.98 Å². The summed E-state index contributed by atoms with van der Waals surface area (Å²) in [6.07, 6.45) is 1.36. The topological polar surface area (TPSA) is 73.2 Å². The van der Waals surface area contributed by atoms with Gasteiger partial charge < -0.3 is 10.1 Å². The Morgan fingerprint density at radius 3 is 3.17 bits per heavy atom. The second kappa shape index (κ2) is 6.87. The number of rotatable bonds is 5. The van der Waals surface area contributed by atoms with Crippen LogP contribution in [0.2, 0.25) is 0 Å². The summed E-state index contributed by atoms with van der Waals surface area (Å²) < 4.78 is 6.98. The molecule has 0 bridgehead atoms. The van der Waals surface area contributed by atoms with Gasteiger partial charge in [-0.2, -0.15) is 0 Å². The van der Waals surface area contributed by atoms with Crippen molar-refractivity contribution >= 4 is 17.7 Å². The maximum atomic E-state index is 12.3. The third-order valence-corrected chi connectivity index (χ3v) is 4.43. The first-order valence-corrected chi connectivity index (χ1v) is 8.40. The summed E-state index contributed by atoms with van der Waals surface area (Å²) in [6.45, 7) is 3.44. The molecule has 0 radical (unpaired) electrons. The molecule has 0 spiro atoms. The van der Waals surface area contributed by atoms with Crippen molar-refractivity contribution in [2.24, 2.45) is 0 Å². The first-order chi connectivity index (χ1) is 11.2. The molecule has 0 aliphatic carbocycles. The fourth-order valence-corrected chi connectivity index (χ4v) is 3.28. The average Bonchev–Trinajstić information content (AvgIpc) is 3.03. The van der Waals surface area contributed by atoms with E-state index in [1.165, 1.54) is 18.0 Å². The van der Waals surface area contributed by atoms with Crippen LogP contribution in [0.5, 0.6) is 5.75 Å². The van der Waals surface area contributed by atoms with E-state index in [9.17, 15) is 9.59 Å². The maximum Gasteiger partial charge on any atom is 0.267 e. The molecule has 1 N–H and O–H groups in total. The molecule has 2 aromatic rings. The summed E-state index contributed by atoms with van der Waals surface area (Å²) in [4.78, 5) is 28.7. The van der Waals surface area contributed by atoms with Crippen molar-refractivity contribution in [2.75, 3.05) is 12.4 Å². The van der Waals surface area contributed by atoms with Crippen molar-refractivity contribution in [3.8, 4) is 5.75 Å². The Hall–Kier alpha value is -2.28. The zero-order valence-corrected chi connectivity index (χ0v) is 13.6. The lowest BCUT2D eigenvalue weighted by atomic mass is 10.2. The standard InChI is InChI=1S/C16H17N3O3S/c1-2-22-12-5-3-4-11(8-12)9-17-14(20)13-10-18-16-19(15(13)21)6-7-23-16/h3-5,8,10H,2,6-7,9H2,1H3,(H,17,20). The highest BCUT2D eigenvalue weighted by Gasteiger charge is 2.19. The van der Waals surface area contributed by atoms with E-state index in [4.69, 9.17) is 4.74 Å². The molecule has 1 aromatic heterocycles. The quantitative estimate of drug-likeness (QED) is 0.844. The number of fused-ring (bicyclic) bond motifs is 1. The fraction of sp³-hybridized carbons (Fsp3) is 0.312. The molecule has 0 atom stereocenters. The second-order valence-corrected chi connectivity index (χ2v) is 6.08. The number of carbonyl (C=O) groups excluding carboxylic acids is 1. The van der Waals surface area contributed by atoms with Crippen LogP contribution in [0.1, 0.15) is 22.8 Å². The number of nitrogens with zero attached hydrogens (tertiary/aromatic N) is 2. The Labute approximate surface area is 137 Å². The fourth-order valence-electron chi connectivity index (χ4n) is 2.36. The number of amides is 1. The summed E-state index contributed by atoms with van der Waals surface area (Å²) in [7, 11) is 0. The summed E-state index contributed by atoms with van der Waals surface area (Å²) >= 11 is 1.53. The predicted octanol–water partition coefficient (Wildman–Crippen LogP) is 1.68. The van der Waals surface area contributed by atoms with Crippen LogP contribution in [0.4, 0.5) is 0 Å². The van der Waals surface area contributed by atoms with Crippen LogP contribution < -0.4 is 15.6 Å². The van der Waals surface area contributed by atoms with Gasteiger partial charge in [-0.05, 0) is 24.6 Å². The molecule has 1 aromatic carbocycles. The van der Waals surface area contributed by atoms with Crippen molar-refractivity contribution in [1.82, 2.24) is 14.9 Å². The van der Waals surface area contributed by atoms with Crippen molar-refractivity contribution in [3.05, 3.63) is 51.9 Å². The molecule has 120 valence electrons. The highest BCUT2D eigenvalue weighted by Crippen LogP contribution is 2.20. The molecule has 23 heavy (non-hydrogen) atoms. The molecule has 1 aliphatic rings. The third-order valence-electron chi connectivity index (χ3n) is 3.46. The third kappa shape index (κ3) is 3.39. The van der Waals surface area contributed by atoms with Crippen LogP contribution in [0.25, 0.3) is 0 Å². The molecule has 0 fully saturated rings. The minimum atomic E-state index is -0.406. The number of nitrogens with one attached hydrogen (secondary N) is 1. The first-order valence-electron chi connectivity index (χ1n) is 7.41. The van der Waals surface area contributed by atoms with E-state index in [2.05, 4.69) is 10.3 Å². The molecule has 0 unspecified atom stereocenters. The average molecular weight is 331 g/mol. The monoisotopic (exact) mass is 331 g/mol. The lowest BCUT2D eigenvalue weighted by Gasteiger charge is -2.08. The molecule has 1 aliphatic heterocycles. The minimum Gasteiger partial charge on any atom is -0.494 e. The Morgan fingerprint density at radius 1 is 1.48 bits per heavy atom. The molecule has 0 saturated carbocycles. The molecule has 6 nitrogen and oxygen atoms in total. The van der Waals surface area contributed by atoms with Crippen LogP contribution >= 0.6 is 11.8 Å². The number of benzene rings is 1. The van der Waals surface area contributed by atoms with Gasteiger partial charge in [0.2, 0.25) is 0 Å². The van der Waals surface area contributed by atoms with Gasteiger partial charge in [0.25, 0.3) is 11.5 Å². The van der Waals surface area contributed by atoms with Crippen molar-refractivity contribution in [2.45, 2.75) is 25.2 Å². The van der Waals surface area contributed by atoms with E-state index in [1.807, 2.05) is 31.2 Å². The number of aromatic nitrogens is 2. The maximum absolute atomic E-state index is 12.3. The van der Waals surface area contributed by atoms with Gasteiger partial charge in [0.05, 0.1) is 6.61 Å². The van der Waals surface area contributed by atoms with E-state index in [0.717, 1.165) is 17.1 Å². The molecule has 7 heteroatoms. The van der Waals surface area contributed by atoms with Crippen molar-refractivity contribution < 1.29 is 9.53 Å². The molecular formula is C16H17N3O3S. The van der Waals surface area contributed by atoms with E-state index in [-0.39, 0.29) is 11.1 Å². The smallest absolute Gasteiger partial charge is 0.267 e. The summed E-state index contributed by atoms with van der Waals surface area (Å²) in [5.74, 6) is 1.17. The molecule has 3 rings (SSSR count). The van der Waals surface area contributed by atoms with Crippen LogP contribution in [-0.4, -0.2) is 27.8 Å². The van der Waals surface area contributed by atoms with Gasteiger partial charge in [0, 0.05) is 25.0 Å². The number of ether oxygens (including phenoxy) is 1. The van der Waals surface area contributed by atoms with Crippen LogP contribution in [0.3, 0.4) is 0 Å². The highest BCUT2D eigenvalue weighted by atomic mass is 32.2. The molecule has 2 heterocycles. The SMILES string of the molecule is CCOc1cccc(CNC(=O)c2cnc3n(c2=O)CCS3)c1. The van der Waals surface area contributed by atoms with E-state index < -0.39 is 5.91 Å². The first kappa shape index (κ1) is 15.6. The number of thioether (sulfide) groups is 1. The largest absolute Gasteiger partial charge is 0.494 e. The zero-order chi connectivity index (χ0) is 16.2. The minimum absolute atomic E-state index is 0.0808. The Kier molecular flexibility index (Phi) is 4.66. The van der Waals surface area contributed by atoms with Gasteiger partial charge in [-0.3, -0.25) is 14.2 Å². The second-order valence-electron chi connectivity index (χ2n) is 5.02. The van der Waals surface area contributed by atoms with Crippen molar-refractivity contribution in [3.63, 3.8) is 0 Å². The lowest BCUT2D eigenvalue weighted by Crippen LogP contribution is -2.33. The van der Waals surface area contributed by atoms with Crippen molar-refractivity contribution in [1.29, 1.82) is 0 Å². The number of hydrogen-bond acceptors (Lipinski definition) is 5. The molecule has 0 saturated heterocycles. The van der Waals surface area contributed by atoms with Gasteiger partial charge in [0.15, 0.2) is 5.16 Å². The summed E-state index contributed by atoms with van der Waals surface area (Å²) in [5.41, 5.74) is 0.715. The Morgan fingerprint density at radius 2 is 2.35 bits per heavy atom. The Balaban J connectivity index is 1.71. The van der Waals surface area contributed by atoms with Gasteiger partial charge >= 0.3 is 0 Å². The molecule has 1 amide bonds. The van der Waals surface area contributed by atoms with Gasteiger partial charge in [-0.15, -0.1) is 0 Å². The zero-order valence-electron chi connectivity index (χ0n) is 12.7. The number of hydrogen-bond donors (Lipinski definition) is 1. The summed E-state index contributed by atoms with van der Waals surface area (Å²) in [5, 5.41) is 3.44. The van der Waals surface area contributed by atoms with Crippen LogP contribution in [0, 0.1) is 0 Å². The van der Waals surface area contributed by atoms with Gasteiger partial charge in [-0.1, -0.05) is 23.9 Å².